The van der Waals surface area contributed by atoms with E-state index < -0.39 is 5.79 Å². The number of amides is 1. The molecule has 1 saturated heterocycles. The molecular weight excluding hydrogens is 380 g/mol. The SMILES string of the molecule is CC1(CC(=O)NN=Cc2cn(Cc3ccccc3C#N)c3ccccc23)OCCO1. The van der Waals surface area contributed by atoms with Gasteiger partial charge in [0.1, 0.15) is 0 Å². The van der Waals surface area contributed by atoms with Crippen LogP contribution in [0.4, 0.5) is 0 Å². The first-order chi connectivity index (χ1) is 14.6. The normalized spacial score (nSPS) is 15.5. The van der Waals surface area contributed by atoms with Crippen LogP contribution in [-0.4, -0.2) is 35.7 Å². The van der Waals surface area contributed by atoms with E-state index in [1.54, 1.807) is 13.1 Å². The Morgan fingerprint density at radius 3 is 2.77 bits per heavy atom. The number of rotatable bonds is 6. The number of para-hydroxylation sites is 1. The number of carbonyl (C=O) groups is 1. The minimum absolute atomic E-state index is 0.0804. The quantitative estimate of drug-likeness (QED) is 0.507. The fourth-order valence-corrected chi connectivity index (χ4v) is 3.62. The Morgan fingerprint density at radius 1 is 1.23 bits per heavy atom. The summed E-state index contributed by atoms with van der Waals surface area (Å²) in [6.45, 7) is 3.29. The van der Waals surface area contributed by atoms with Gasteiger partial charge in [0.05, 0.1) is 37.5 Å². The summed E-state index contributed by atoms with van der Waals surface area (Å²) in [5.41, 5.74) is 6.05. The van der Waals surface area contributed by atoms with E-state index in [0.717, 1.165) is 22.0 Å². The predicted molar refractivity (Wildman–Crippen MR) is 113 cm³/mol. The van der Waals surface area contributed by atoms with Crippen LogP contribution in [-0.2, 0) is 20.8 Å². The molecule has 3 aromatic rings. The van der Waals surface area contributed by atoms with Gasteiger partial charge in [-0.1, -0.05) is 36.4 Å². The lowest BCUT2D eigenvalue weighted by Gasteiger charge is -2.20. The third-order valence-corrected chi connectivity index (χ3v) is 5.07. The Labute approximate surface area is 174 Å². The molecule has 0 radical (unpaired) electrons. The van der Waals surface area contributed by atoms with E-state index >= 15 is 0 Å². The van der Waals surface area contributed by atoms with Crippen molar-refractivity contribution in [3.63, 3.8) is 0 Å². The Balaban J connectivity index is 1.53. The molecule has 1 aromatic heterocycles. The molecule has 0 spiro atoms. The van der Waals surface area contributed by atoms with Crippen LogP contribution in [0.5, 0.6) is 0 Å². The number of hydrazone groups is 1. The molecule has 2 heterocycles. The lowest BCUT2D eigenvalue weighted by Crippen LogP contribution is -2.33. The summed E-state index contributed by atoms with van der Waals surface area (Å²) >= 11 is 0. The Hall–Kier alpha value is -3.47. The maximum atomic E-state index is 12.2. The number of carbonyl (C=O) groups excluding carboxylic acids is 1. The van der Waals surface area contributed by atoms with Gasteiger partial charge < -0.3 is 14.0 Å². The van der Waals surface area contributed by atoms with Crippen LogP contribution in [0, 0.1) is 11.3 Å². The summed E-state index contributed by atoms with van der Waals surface area (Å²) in [7, 11) is 0. The van der Waals surface area contributed by atoms with Crippen molar-refractivity contribution in [2.24, 2.45) is 5.10 Å². The molecule has 1 fully saturated rings. The zero-order valence-corrected chi connectivity index (χ0v) is 16.7. The standard InChI is InChI=1S/C23H22N4O3/c1-23(29-10-11-30-23)12-22(28)26-25-14-19-16-27(21-9-5-4-8-20(19)21)15-18-7-3-2-6-17(18)13-24/h2-9,14,16H,10-12,15H2,1H3,(H,26,28). The predicted octanol–water partition coefficient (Wildman–Crippen LogP) is 3.16. The smallest absolute Gasteiger partial charge is 0.245 e. The van der Waals surface area contributed by atoms with Crippen LogP contribution in [0.15, 0.2) is 59.8 Å². The Bertz CT molecular complexity index is 1140. The van der Waals surface area contributed by atoms with Gasteiger partial charge in [0.15, 0.2) is 5.79 Å². The molecular formula is C23H22N4O3. The number of hydrogen-bond acceptors (Lipinski definition) is 5. The van der Waals surface area contributed by atoms with Crippen LogP contribution in [0.1, 0.15) is 30.0 Å². The van der Waals surface area contributed by atoms with Crippen LogP contribution in [0.2, 0.25) is 0 Å². The maximum absolute atomic E-state index is 12.2. The van der Waals surface area contributed by atoms with Gasteiger partial charge in [-0.05, 0) is 24.6 Å². The van der Waals surface area contributed by atoms with E-state index in [4.69, 9.17) is 9.47 Å². The van der Waals surface area contributed by atoms with Gasteiger partial charge in [0, 0.05) is 29.2 Å². The van der Waals surface area contributed by atoms with Crippen LogP contribution in [0.25, 0.3) is 10.9 Å². The van der Waals surface area contributed by atoms with Gasteiger partial charge >= 0.3 is 0 Å². The fraction of sp³-hybridized carbons (Fsp3) is 0.261. The maximum Gasteiger partial charge on any atom is 0.245 e. The molecule has 4 rings (SSSR count). The summed E-state index contributed by atoms with van der Waals surface area (Å²) < 4.78 is 13.0. The van der Waals surface area contributed by atoms with Crippen LogP contribution in [0.3, 0.4) is 0 Å². The highest BCUT2D eigenvalue weighted by atomic mass is 16.7. The van der Waals surface area contributed by atoms with E-state index in [9.17, 15) is 10.1 Å². The molecule has 1 N–H and O–H groups in total. The first-order valence-corrected chi connectivity index (χ1v) is 9.74. The second kappa shape index (κ2) is 8.49. The lowest BCUT2D eigenvalue weighted by atomic mass is 10.1. The van der Waals surface area contributed by atoms with Gasteiger partial charge in [-0.25, -0.2) is 5.43 Å². The van der Waals surface area contributed by atoms with Crippen molar-refractivity contribution in [3.05, 3.63) is 71.4 Å². The number of nitrogens with zero attached hydrogens (tertiary/aromatic N) is 3. The van der Waals surface area contributed by atoms with Crippen LogP contribution >= 0.6 is 0 Å². The molecule has 1 aliphatic rings. The van der Waals surface area contributed by atoms with E-state index in [1.807, 2.05) is 54.7 Å². The Kier molecular flexibility index (Phi) is 5.61. The van der Waals surface area contributed by atoms with E-state index in [2.05, 4.69) is 21.2 Å². The van der Waals surface area contributed by atoms with Gasteiger partial charge in [-0.2, -0.15) is 10.4 Å². The number of ether oxygens (including phenoxy) is 2. The van der Waals surface area contributed by atoms with Crippen molar-refractivity contribution in [3.8, 4) is 6.07 Å². The van der Waals surface area contributed by atoms with Crippen molar-refractivity contribution >= 4 is 23.0 Å². The molecule has 7 heteroatoms. The highest BCUT2D eigenvalue weighted by Gasteiger charge is 2.33. The average Bonchev–Trinajstić information content (AvgIpc) is 3.32. The molecule has 0 atom stereocenters. The first kappa shape index (κ1) is 19.8. The first-order valence-electron chi connectivity index (χ1n) is 9.74. The molecule has 152 valence electrons. The number of nitrogens with one attached hydrogen (secondary N) is 1. The number of nitriles is 1. The number of hydrogen-bond donors (Lipinski definition) is 1. The third kappa shape index (κ3) is 4.25. The third-order valence-electron chi connectivity index (χ3n) is 5.07. The van der Waals surface area contributed by atoms with Crippen molar-refractivity contribution in [2.75, 3.05) is 13.2 Å². The summed E-state index contributed by atoms with van der Waals surface area (Å²) in [6, 6.07) is 17.8. The van der Waals surface area contributed by atoms with Crippen molar-refractivity contribution < 1.29 is 14.3 Å². The molecule has 0 unspecified atom stereocenters. The summed E-state index contributed by atoms with van der Waals surface area (Å²) in [4.78, 5) is 12.2. The molecule has 1 aliphatic heterocycles. The highest BCUT2D eigenvalue weighted by Crippen LogP contribution is 2.23. The van der Waals surface area contributed by atoms with Crippen LogP contribution < -0.4 is 5.43 Å². The molecule has 2 aromatic carbocycles. The summed E-state index contributed by atoms with van der Waals surface area (Å²) in [5, 5.41) is 14.5. The summed E-state index contributed by atoms with van der Waals surface area (Å²) in [6.07, 6.45) is 3.68. The molecule has 7 nitrogen and oxygen atoms in total. The Morgan fingerprint density at radius 2 is 1.97 bits per heavy atom. The number of benzene rings is 2. The average molecular weight is 402 g/mol. The molecule has 0 saturated carbocycles. The second-order valence-corrected chi connectivity index (χ2v) is 7.30. The highest BCUT2D eigenvalue weighted by molar-refractivity contribution is 5.99. The largest absolute Gasteiger partial charge is 0.347 e. The zero-order chi connectivity index (χ0) is 21.0. The molecule has 30 heavy (non-hydrogen) atoms. The van der Waals surface area contributed by atoms with Gasteiger partial charge in [0.2, 0.25) is 5.91 Å². The lowest BCUT2D eigenvalue weighted by molar-refractivity contribution is -0.159. The molecule has 0 bridgehead atoms. The number of aromatic nitrogens is 1. The minimum atomic E-state index is -0.885. The molecule has 1 amide bonds. The van der Waals surface area contributed by atoms with Gasteiger partial charge in [-0.3, -0.25) is 4.79 Å². The van der Waals surface area contributed by atoms with E-state index in [-0.39, 0.29) is 12.3 Å². The second-order valence-electron chi connectivity index (χ2n) is 7.30. The van der Waals surface area contributed by atoms with Crippen molar-refractivity contribution in [1.29, 1.82) is 5.26 Å². The minimum Gasteiger partial charge on any atom is -0.347 e. The van der Waals surface area contributed by atoms with Gasteiger partial charge in [0.25, 0.3) is 0 Å². The number of fused-ring (bicyclic) bond motifs is 1. The van der Waals surface area contributed by atoms with Crippen molar-refractivity contribution in [2.45, 2.75) is 25.7 Å². The fourth-order valence-electron chi connectivity index (χ4n) is 3.62. The van der Waals surface area contributed by atoms with E-state index in [1.165, 1.54) is 0 Å². The summed E-state index contributed by atoms with van der Waals surface area (Å²) in [5.74, 6) is -1.16. The molecule has 0 aliphatic carbocycles. The topological polar surface area (TPSA) is 88.6 Å². The van der Waals surface area contributed by atoms with Crippen molar-refractivity contribution in [1.82, 2.24) is 9.99 Å². The zero-order valence-electron chi connectivity index (χ0n) is 16.7. The monoisotopic (exact) mass is 402 g/mol. The van der Waals surface area contributed by atoms with E-state index in [0.29, 0.717) is 25.3 Å². The van der Waals surface area contributed by atoms with Gasteiger partial charge in [-0.15, -0.1) is 0 Å².